The van der Waals surface area contributed by atoms with Crippen LogP contribution in [0.1, 0.15) is 5.56 Å². The summed E-state index contributed by atoms with van der Waals surface area (Å²) >= 11 is 5.92. The Hall–Kier alpha value is -3.39. The summed E-state index contributed by atoms with van der Waals surface area (Å²) in [6.07, 6.45) is 2.80. The van der Waals surface area contributed by atoms with Crippen LogP contribution in [0.3, 0.4) is 0 Å². The van der Waals surface area contributed by atoms with Gasteiger partial charge in [-0.3, -0.25) is 19.7 Å². The van der Waals surface area contributed by atoms with E-state index in [1.807, 2.05) is 0 Å². The largest absolute Gasteiger partial charge is 0.495 e. The molecule has 2 amide bonds. The molecule has 0 saturated heterocycles. The number of rotatable bonds is 7. The first-order valence-corrected chi connectivity index (χ1v) is 8.49. The van der Waals surface area contributed by atoms with Gasteiger partial charge in [0, 0.05) is 30.3 Å². The van der Waals surface area contributed by atoms with Crippen LogP contribution in [0.25, 0.3) is 6.08 Å². The molecule has 1 N–H and O–H groups in total. The lowest BCUT2D eigenvalue weighted by Crippen LogP contribution is -2.33. The number of methoxy groups -OCH3 is 1. The predicted octanol–water partition coefficient (Wildman–Crippen LogP) is 3.37. The van der Waals surface area contributed by atoms with Crippen LogP contribution in [-0.4, -0.2) is 42.3 Å². The van der Waals surface area contributed by atoms with Crippen LogP contribution in [0.5, 0.6) is 5.75 Å². The van der Waals surface area contributed by atoms with Crippen molar-refractivity contribution in [2.75, 3.05) is 26.0 Å². The van der Waals surface area contributed by atoms with Gasteiger partial charge in [0.2, 0.25) is 11.8 Å². The zero-order chi connectivity index (χ0) is 20.7. The topological polar surface area (TPSA) is 102 Å². The minimum absolute atomic E-state index is 0.0336. The van der Waals surface area contributed by atoms with Gasteiger partial charge in [0.25, 0.3) is 5.69 Å². The molecule has 0 aliphatic carbocycles. The molecule has 0 aromatic heterocycles. The number of non-ortho nitro benzene ring substituents is 1. The normalized spacial score (nSPS) is 10.5. The number of benzene rings is 2. The van der Waals surface area contributed by atoms with Crippen LogP contribution in [0, 0.1) is 10.1 Å². The van der Waals surface area contributed by atoms with E-state index in [0.29, 0.717) is 22.0 Å². The van der Waals surface area contributed by atoms with Crippen molar-refractivity contribution in [1.29, 1.82) is 0 Å². The Kier molecular flexibility index (Phi) is 7.11. The van der Waals surface area contributed by atoms with Crippen molar-refractivity contribution in [2.24, 2.45) is 0 Å². The number of amides is 2. The van der Waals surface area contributed by atoms with E-state index in [-0.39, 0.29) is 12.2 Å². The van der Waals surface area contributed by atoms with Gasteiger partial charge in [-0.15, -0.1) is 0 Å². The lowest BCUT2D eigenvalue weighted by Gasteiger charge is -2.16. The minimum Gasteiger partial charge on any atom is -0.495 e. The molecule has 0 spiro atoms. The van der Waals surface area contributed by atoms with Crippen LogP contribution < -0.4 is 10.1 Å². The van der Waals surface area contributed by atoms with Gasteiger partial charge >= 0.3 is 0 Å². The van der Waals surface area contributed by atoms with Crippen LogP contribution in [0.4, 0.5) is 11.4 Å². The molecule has 2 rings (SSSR count). The van der Waals surface area contributed by atoms with Crippen LogP contribution >= 0.6 is 11.6 Å². The maximum Gasteiger partial charge on any atom is 0.269 e. The molecular weight excluding hydrogens is 386 g/mol. The van der Waals surface area contributed by atoms with E-state index in [2.05, 4.69) is 5.32 Å². The van der Waals surface area contributed by atoms with E-state index < -0.39 is 16.7 Å². The Bertz CT molecular complexity index is 912. The van der Waals surface area contributed by atoms with Gasteiger partial charge in [-0.05, 0) is 42.0 Å². The fourth-order valence-corrected chi connectivity index (χ4v) is 2.43. The lowest BCUT2D eigenvalue weighted by molar-refractivity contribution is -0.384. The van der Waals surface area contributed by atoms with Crippen molar-refractivity contribution >= 4 is 40.9 Å². The standard InChI is InChI=1S/C19H18ClN3O5/c1-22(12-18(24)21-16-11-14(20)6-9-17(16)28-2)19(25)10-5-13-3-7-15(8-4-13)23(26)27/h3-11H,12H2,1-2H3,(H,21,24). The zero-order valence-corrected chi connectivity index (χ0v) is 16.0. The van der Waals surface area contributed by atoms with Gasteiger partial charge in [0.15, 0.2) is 0 Å². The Morgan fingerprint density at radius 1 is 1.25 bits per heavy atom. The van der Waals surface area contributed by atoms with E-state index in [9.17, 15) is 19.7 Å². The average Bonchev–Trinajstić information content (AvgIpc) is 2.66. The molecule has 2 aromatic carbocycles. The summed E-state index contributed by atoms with van der Waals surface area (Å²) in [5.41, 5.74) is 0.997. The highest BCUT2D eigenvalue weighted by Crippen LogP contribution is 2.27. The zero-order valence-electron chi connectivity index (χ0n) is 15.2. The van der Waals surface area contributed by atoms with Crippen LogP contribution in [-0.2, 0) is 9.59 Å². The summed E-state index contributed by atoms with van der Waals surface area (Å²) in [4.78, 5) is 35.7. The first kappa shape index (κ1) is 20.9. The molecule has 0 heterocycles. The summed E-state index contributed by atoms with van der Waals surface area (Å²) in [5.74, 6) is -0.364. The molecule has 0 atom stereocenters. The highest BCUT2D eigenvalue weighted by Gasteiger charge is 2.13. The predicted molar refractivity (Wildman–Crippen MR) is 106 cm³/mol. The van der Waals surface area contributed by atoms with Crippen molar-refractivity contribution in [3.8, 4) is 5.75 Å². The minimum atomic E-state index is -0.500. The molecule has 0 aliphatic rings. The Morgan fingerprint density at radius 3 is 2.54 bits per heavy atom. The van der Waals surface area contributed by atoms with E-state index >= 15 is 0 Å². The SMILES string of the molecule is COc1ccc(Cl)cc1NC(=O)CN(C)C(=O)C=Cc1ccc([N+](=O)[O-])cc1. The number of likely N-dealkylation sites (N-methyl/N-ethyl adjacent to an activating group) is 1. The number of carbonyl (C=O) groups is 2. The molecule has 0 saturated carbocycles. The van der Waals surface area contributed by atoms with Gasteiger partial charge in [-0.2, -0.15) is 0 Å². The molecule has 0 unspecified atom stereocenters. The second-order valence-electron chi connectivity index (χ2n) is 5.77. The van der Waals surface area contributed by atoms with E-state index in [1.165, 1.54) is 55.5 Å². The number of halogens is 1. The third kappa shape index (κ3) is 5.82. The number of nitrogens with zero attached hydrogens (tertiary/aromatic N) is 2. The molecule has 9 heteroatoms. The van der Waals surface area contributed by atoms with Gasteiger partial charge in [-0.25, -0.2) is 0 Å². The number of nitro groups is 1. The maximum absolute atomic E-state index is 12.2. The molecular formula is C19H18ClN3O5. The molecule has 2 aromatic rings. The molecule has 0 radical (unpaired) electrons. The molecule has 28 heavy (non-hydrogen) atoms. The Morgan fingerprint density at radius 2 is 1.93 bits per heavy atom. The van der Waals surface area contributed by atoms with Crippen molar-refractivity contribution in [2.45, 2.75) is 0 Å². The first-order chi connectivity index (χ1) is 13.3. The molecule has 0 fully saturated rings. The highest BCUT2D eigenvalue weighted by molar-refractivity contribution is 6.31. The van der Waals surface area contributed by atoms with Crippen molar-refractivity contribution in [3.05, 3.63) is 69.2 Å². The first-order valence-electron chi connectivity index (χ1n) is 8.11. The van der Waals surface area contributed by atoms with Crippen molar-refractivity contribution in [3.63, 3.8) is 0 Å². The summed E-state index contributed by atoms with van der Waals surface area (Å²) in [6.45, 7) is -0.181. The molecule has 146 valence electrons. The number of nitrogens with one attached hydrogen (secondary N) is 1. The third-order valence-corrected chi connectivity index (χ3v) is 3.95. The second-order valence-corrected chi connectivity index (χ2v) is 6.21. The van der Waals surface area contributed by atoms with Gasteiger partial charge < -0.3 is 15.0 Å². The summed E-state index contributed by atoms with van der Waals surface area (Å²) in [5, 5.41) is 13.7. The number of hydrogen-bond acceptors (Lipinski definition) is 5. The summed E-state index contributed by atoms with van der Waals surface area (Å²) in [7, 11) is 2.95. The fourth-order valence-electron chi connectivity index (χ4n) is 2.26. The number of hydrogen-bond donors (Lipinski definition) is 1. The second kappa shape index (κ2) is 9.52. The molecule has 8 nitrogen and oxygen atoms in total. The van der Waals surface area contributed by atoms with E-state index in [4.69, 9.17) is 16.3 Å². The smallest absolute Gasteiger partial charge is 0.269 e. The van der Waals surface area contributed by atoms with Crippen LogP contribution in [0.15, 0.2) is 48.5 Å². The van der Waals surface area contributed by atoms with Gasteiger partial charge in [-0.1, -0.05) is 11.6 Å². The Labute approximate surface area is 166 Å². The van der Waals surface area contributed by atoms with E-state index in [1.54, 1.807) is 18.2 Å². The number of ether oxygens (including phenoxy) is 1. The summed E-state index contributed by atoms with van der Waals surface area (Å²) in [6, 6.07) is 10.6. The number of carbonyl (C=O) groups excluding carboxylic acids is 2. The number of anilines is 1. The Balaban J connectivity index is 1.95. The quantitative estimate of drug-likeness (QED) is 0.434. The van der Waals surface area contributed by atoms with Gasteiger partial charge in [0.1, 0.15) is 5.75 Å². The monoisotopic (exact) mass is 403 g/mol. The summed E-state index contributed by atoms with van der Waals surface area (Å²) < 4.78 is 5.16. The lowest BCUT2D eigenvalue weighted by atomic mass is 10.2. The average molecular weight is 404 g/mol. The highest BCUT2D eigenvalue weighted by atomic mass is 35.5. The fraction of sp³-hybridized carbons (Fsp3) is 0.158. The number of nitro benzene ring substituents is 1. The van der Waals surface area contributed by atoms with E-state index in [0.717, 1.165) is 0 Å². The molecule has 0 bridgehead atoms. The maximum atomic E-state index is 12.2. The van der Waals surface area contributed by atoms with Crippen LogP contribution in [0.2, 0.25) is 5.02 Å². The van der Waals surface area contributed by atoms with Crippen molar-refractivity contribution in [1.82, 2.24) is 4.90 Å². The molecule has 0 aliphatic heterocycles. The van der Waals surface area contributed by atoms with Crippen molar-refractivity contribution < 1.29 is 19.2 Å². The van der Waals surface area contributed by atoms with Gasteiger partial charge in [0.05, 0.1) is 24.3 Å². The third-order valence-electron chi connectivity index (χ3n) is 3.71.